The normalized spacial score (nSPS) is 17.8. The molecule has 1 aliphatic heterocycles. The molecule has 3 N–H and O–H groups in total. The molecule has 25 heavy (non-hydrogen) atoms. The van der Waals surface area contributed by atoms with Crippen molar-refractivity contribution in [3.63, 3.8) is 0 Å². The number of guanidine groups is 1. The van der Waals surface area contributed by atoms with Crippen LogP contribution in [0.1, 0.15) is 45.1 Å². The number of aliphatic hydroxyl groups is 1. The monoisotopic (exact) mass is 480 g/mol. The van der Waals surface area contributed by atoms with Gasteiger partial charge in [-0.15, -0.1) is 24.0 Å². The van der Waals surface area contributed by atoms with Crippen molar-refractivity contribution in [3.05, 3.63) is 22.4 Å². The van der Waals surface area contributed by atoms with Crippen molar-refractivity contribution < 1.29 is 5.11 Å². The van der Waals surface area contributed by atoms with Crippen LogP contribution in [0.3, 0.4) is 0 Å². The number of hydrogen-bond donors (Lipinski definition) is 3. The Morgan fingerprint density at radius 3 is 2.72 bits per heavy atom. The van der Waals surface area contributed by atoms with Gasteiger partial charge in [-0.05, 0) is 81.6 Å². The van der Waals surface area contributed by atoms with Gasteiger partial charge in [-0.1, -0.05) is 0 Å². The van der Waals surface area contributed by atoms with Gasteiger partial charge in [-0.2, -0.15) is 11.3 Å². The van der Waals surface area contributed by atoms with E-state index in [0.717, 1.165) is 31.0 Å². The van der Waals surface area contributed by atoms with Gasteiger partial charge in [0.05, 0.1) is 6.54 Å². The van der Waals surface area contributed by atoms with E-state index in [0.29, 0.717) is 6.54 Å². The molecule has 0 aromatic carbocycles. The van der Waals surface area contributed by atoms with E-state index in [-0.39, 0.29) is 24.0 Å². The van der Waals surface area contributed by atoms with Gasteiger partial charge < -0.3 is 20.6 Å². The summed E-state index contributed by atoms with van der Waals surface area (Å²) >= 11 is 1.60. The number of nitrogens with one attached hydrogen (secondary N) is 2. The molecule has 5 nitrogen and oxygen atoms in total. The highest BCUT2D eigenvalue weighted by Gasteiger charge is 2.23. The topological polar surface area (TPSA) is 59.9 Å². The van der Waals surface area contributed by atoms with E-state index in [9.17, 15) is 5.11 Å². The fourth-order valence-corrected chi connectivity index (χ4v) is 3.69. The first-order chi connectivity index (χ1) is 11.6. The summed E-state index contributed by atoms with van der Waals surface area (Å²) in [7, 11) is 0. The fraction of sp³-hybridized carbons (Fsp3) is 0.722. The molecule has 0 bridgehead atoms. The first-order valence-corrected chi connectivity index (χ1v) is 10.1. The number of rotatable bonds is 9. The first-order valence-electron chi connectivity index (χ1n) is 9.11. The summed E-state index contributed by atoms with van der Waals surface area (Å²) in [5.41, 5.74) is 0.00989. The van der Waals surface area contributed by atoms with Gasteiger partial charge in [0.1, 0.15) is 5.60 Å². The fourth-order valence-electron chi connectivity index (χ4n) is 2.91. The summed E-state index contributed by atoms with van der Waals surface area (Å²) in [5.74, 6) is 0.786. The van der Waals surface area contributed by atoms with E-state index in [1.807, 2.05) is 23.8 Å². The van der Waals surface area contributed by atoms with Crippen LogP contribution in [-0.2, 0) is 5.60 Å². The number of unbranched alkanes of at least 4 members (excludes halogenated alkanes) is 1. The van der Waals surface area contributed by atoms with E-state index < -0.39 is 5.60 Å². The van der Waals surface area contributed by atoms with Gasteiger partial charge in [0.2, 0.25) is 0 Å². The number of aliphatic imine (C=N–C) groups is 1. The number of likely N-dealkylation sites (tertiary alicyclic amines) is 1. The van der Waals surface area contributed by atoms with Gasteiger partial charge in [0, 0.05) is 13.1 Å². The standard InChI is InChI=1S/C18H32N4OS.HI/c1-3-19-17(20-9-4-5-10-22-11-6-7-12-22)21-15-18(2,23)16-8-13-24-14-16;/h8,13-14,23H,3-7,9-12,15H2,1-2H3,(H2,19,20,21);1H. The highest BCUT2D eigenvalue weighted by Crippen LogP contribution is 2.23. The van der Waals surface area contributed by atoms with Gasteiger partial charge in [-0.3, -0.25) is 0 Å². The average molecular weight is 480 g/mol. The zero-order valence-corrected chi connectivity index (χ0v) is 18.6. The lowest BCUT2D eigenvalue weighted by Crippen LogP contribution is -2.39. The molecule has 144 valence electrons. The molecule has 1 aromatic heterocycles. The third-order valence-corrected chi connectivity index (χ3v) is 5.11. The van der Waals surface area contributed by atoms with Crippen molar-refractivity contribution >= 4 is 41.3 Å². The lowest BCUT2D eigenvalue weighted by Gasteiger charge is -2.21. The van der Waals surface area contributed by atoms with E-state index in [4.69, 9.17) is 0 Å². The zero-order valence-electron chi connectivity index (χ0n) is 15.5. The van der Waals surface area contributed by atoms with Crippen LogP contribution in [0.2, 0.25) is 0 Å². The molecule has 1 atom stereocenters. The summed E-state index contributed by atoms with van der Waals surface area (Å²) in [5, 5.41) is 21.2. The zero-order chi connectivity index (χ0) is 17.3. The minimum atomic E-state index is -0.919. The molecule has 1 aromatic rings. The Kier molecular flexibility index (Phi) is 11.0. The average Bonchev–Trinajstić information content (AvgIpc) is 3.25. The molecule has 1 fully saturated rings. The van der Waals surface area contributed by atoms with Crippen molar-refractivity contribution in [2.45, 2.75) is 45.1 Å². The van der Waals surface area contributed by atoms with Crippen LogP contribution >= 0.6 is 35.3 Å². The Balaban J connectivity index is 0.00000312. The van der Waals surface area contributed by atoms with Crippen molar-refractivity contribution in [3.8, 4) is 0 Å². The Hall–Kier alpha value is -0.380. The maximum absolute atomic E-state index is 10.6. The van der Waals surface area contributed by atoms with Crippen LogP contribution in [0.25, 0.3) is 0 Å². The van der Waals surface area contributed by atoms with E-state index >= 15 is 0 Å². The predicted molar refractivity (Wildman–Crippen MR) is 118 cm³/mol. The Morgan fingerprint density at radius 1 is 1.32 bits per heavy atom. The second kappa shape index (κ2) is 12.1. The molecule has 0 amide bonds. The molecular formula is C18H33IN4OS. The molecule has 0 aliphatic carbocycles. The maximum Gasteiger partial charge on any atom is 0.191 e. The molecule has 1 saturated heterocycles. The van der Waals surface area contributed by atoms with E-state index in [1.165, 1.54) is 38.9 Å². The van der Waals surface area contributed by atoms with E-state index in [2.05, 4.69) is 27.4 Å². The Labute approximate surface area is 173 Å². The smallest absolute Gasteiger partial charge is 0.191 e. The molecule has 2 rings (SSSR count). The summed E-state index contributed by atoms with van der Waals surface area (Å²) < 4.78 is 0. The van der Waals surface area contributed by atoms with Crippen molar-refractivity contribution in [1.82, 2.24) is 15.5 Å². The minimum absolute atomic E-state index is 0. The maximum atomic E-state index is 10.6. The van der Waals surface area contributed by atoms with Crippen LogP contribution in [0.4, 0.5) is 0 Å². The summed E-state index contributed by atoms with van der Waals surface area (Å²) in [6.07, 6.45) is 5.08. The Morgan fingerprint density at radius 2 is 2.08 bits per heavy atom. The van der Waals surface area contributed by atoms with Crippen LogP contribution in [0.5, 0.6) is 0 Å². The molecule has 1 unspecified atom stereocenters. The molecule has 0 spiro atoms. The largest absolute Gasteiger partial charge is 0.383 e. The predicted octanol–water partition coefficient (Wildman–Crippen LogP) is 3.00. The second-order valence-electron chi connectivity index (χ2n) is 6.66. The quantitative estimate of drug-likeness (QED) is 0.220. The van der Waals surface area contributed by atoms with Crippen LogP contribution in [0.15, 0.2) is 21.8 Å². The van der Waals surface area contributed by atoms with Gasteiger partial charge in [0.15, 0.2) is 5.96 Å². The summed E-state index contributed by atoms with van der Waals surface area (Å²) in [6, 6.07) is 1.96. The van der Waals surface area contributed by atoms with Crippen molar-refractivity contribution in [2.75, 3.05) is 39.3 Å². The second-order valence-corrected chi connectivity index (χ2v) is 7.44. The molecular weight excluding hydrogens is 447 g/mol. The third kappa shape index (κ3) is 8.23. The lowest BCUT2D eigenvalue weighted by molar-refractivity contribution is 0.0677. The molecule has 0 saturated carbocycles. The molecule has 0 radical (unpaired) electrons. The highest BCUT2D eigenvalue weighted by atomic mass is 127. The lowest BCUT2D eigenvalue weighted by atomic mass is 10.00. The van der Waals surface area contributed by atoms with Crippen molar-refractivity contribution in [1.29, 1.82) is 0 Å². The van der Waals surface area contributed by atoms with Gasteiger partial charge >= 0.3 is 0 Å². The third-order valence-electron chi connectivity index (χ3n) is 4.42. The van der Waals surface area contributed by atoms with Gasteiger partial charge in [0.25, 0.3) is 0 Å². The number of halogens is 1. The van der Waals surface area contributed by atoms with E-state index in [1.54, 1.807) is 11.3 Å². The summed E-state index contributed by atoms with van der Waals surface area (Å²) in [6.45, 7) is 9.72. The molecule has 2 heterocycles. The van der Waals surface area contributed by atoms with Crippen LogP contribution in [0, 0.1) is 0 Å². The van der Waals surface area contributed by atoms with Crippen molar-refractivity contribution in [2.24, 2.45) is 4.99 Å². The molecule has 7 heteroatoms. The van der Waals surface area contributed by atoms with Gasteiger partial charge in [-0.25, -0.2) is 4.99 Å². The number of hydrogen-bond acceptors (Lipinski definition) is 4. The minimum Gasteiger partial charge on any atom is -0.383 e. The first kappa shape index (κ1) is 22.7. The highest BCUT2D eigenvalue weighted by molar-refractivity contribution is 14.0. The SMILES string of the molecule is CCNC(=NCC(C)(O)c1ccsc1)NCCCCN1CCCC1.I. The van der Waals surface area contributed by atoms with Crippen LogP contribution < -0.4 is 10.6 Å². The number of thiophene rings is 1. The summed E-state index contributed by atoms with van der Waals surface area (Å²) in [4.78, 5) is 7.11. The van der Waals surface area contributed by atoms with Crippen LogP contribution in [-0.4, -0.2) is 55.2 Å². The molecule has 1 aliphatic rings. The Bertz CT molecular complexity index is 487. The number of nitrogens with zero attached hydrogens (tertiary/aromatic N) is 2.